The molecule has 2 amide bonds. The molecule has 1 fully saturated rings. The van der Waals surface area contributed by atoms with E-state index in [1.54, 1.807) is 55.5 Å². The van der Waals surface area contributed by atoms with E-state index in [2.05, 4.69) is 15.3 Å². The Hall–Kier alpha value is -3.60. The van der Waals surface area contributed by atoms with Gasteiger partial charge in [0.2, 0.25) is 0 Å². The summed E-state index contributed by atoms with van der Waals surface area (Å²) in [6.45, 7) is 1.00. The van der Waals surface area contributed by atoms with Crippen LogP contribution in [-0.4, -0.2) is 37.4 Å². The number of alkyl halides is 2. The summed E-state index contributed by atoms with van der Waals surface area (Å²) < 4.78 is 50.4. The van der Waals surface area contributed by atoms with Crippen LogP contribution in [0.2, 0.25) is 0 Å². The van der Waals surface area contributed by atoms with Crippen LogP contribution >= 0.6 is 0 Å². The molecule has 178 valence electrons. The minimum absolute atomic E-state index is 0.139. The van der Waals surface area contributed by atoms with E-state index in [9.17, 15) is 22.0 Å². The number of nitrogen functional groups attached to an aromatic ring is 1. The summed E-state index contributed by atoms with van der Waals surface area (Å²) in [5.41, 5.74) is 7.94. The van der Waals surface area contributed by atoms with Gasteiger partial charge in [0.05, 0.1) is 17.1 Å². The van der Waals surface area contributed by atoms with Gasteiger partial charge in [0.1, 0.15) is 10.6 Å². The minimum Gasteiger partial charge on any atom is -0.384 e. The minimum atomic E-state index is -3.71. The molecule has 0 saturated heterocycles. The molecule has 11 heteroatoms. The van der Waals surface area contributed by atoms with Crippen molar-refractivity contribution in [2.45, 2.75) is 35.8 Å². The zero-order valence-electron chi connectivity index (χ0n) is 18.3. The maximum absolute atomic E-state index is 13.5. The molecule has 0 bridgehead atoms. The van der Waals surface area contributed by atoms with E-state index in [1.165, 1.54) is 6.07 Å². The summed E-state index contributed by atoms with van der Waals surface area (Å²) in [5, 5.41) is 4.50. The van der Waals surface area contributed by atoms with Gasteiger partial charge in [-0.15, -0.1) is 0 Å². The van der Waals surface area contributed by atoms with E-state index in [0.29, 0.717) is 35.3 Å². The fraction of sp³-hybridized carbons (Fsp3) is 0.261. The number of hydrogen-bond acceptors (Lipinski definition) is 6. The highest BCUT2D eigenvalue weighted by molar-refractivity contribution is 7.92. The van der Waals surface area contributed by atoms with Gasteiger partial charge in [-0.05, 0) is 55.7 Å². The number of rotatable bonds is 7. The van der Waals surface area contributed by atoms with E-state index in [-0.39, 0.29) is 16.5 Å². The maximum atomic E-state index is 13.5. The first kappa shape index (κ1) is 23.6. The summed E-state index contributed by atoms with van der Waals surface area (Å²) in [6.07, 6.45) is -1.79. The lowest BCUT2D eigenvalue weighted by Gasteiger charge is -2.18. The highest BCUT2D eigenvalue weighted by Crippen LogP contribution is 2.55. The third kappa shape index (κ3) is 4.56. The summed E-state index contributed by atoms with van der Waals surface area (Å²) in [5.74, 6) is 0.384. The molecule has 0 unspecified atom stereocenters. The number of nitrogens with one attached hydrogen (secondary N) is 2. The van der Waals surface area contributed by atoms with Gasteiger partial charge in [-0.2, -0.15) is 0 Å². The number of carbonyl (C=O) groups is 1. The van der Waals surface area contributed by atoms with E-state index in [1.807, 2.05) is 5.32 Å². The molecule has 0 aliphatic heterocycles. The highest BCUT2D eigenvalue weighted by atomic mass is 32.2. The van der Waals surface area contributed by atoms with Gasteiger partial charge in [-0.25, -0.2) is 32.0 Å². The number of urea groups is 1. The number of sulfone groups is 1. The highest BCUT2D eigenvalue weighted by Gasteiger charge is 2.58. The molecule has 1 aliphatic carbocycles. The molecule has 8 nitrogen and oxygen atoms in total. The second-order valence-electron chi connectivity index (χ2n) is 8.07. The van der Waals surface area contributed by atoms with Crippen LogP contribution in [0.1, 0.15) is 24.1 Å². The molecule has 1 aromatic heterocycles. The molecule has 0 spiro atoms. The van der Waals surface area contributed by atoms with E-state index >= 15 is 0 Å². The average Bonchev–Trinajstić information content (AvgIpc) is 3.61. The Kier molecular flexibility index (Phi) is 6.22. The zero-order valence-corrected chi connectivity index (χ0v) is 19.1. The number of carbonyl (C=O) groups excluding carboxylic acids is 1. The fourth-order valence-electron chi connectivity index (χ4n) is 3.72. The predicted molar refractivity (Wildman–Crippen MR) is 124 cm³/mol. The first-order chi connectivity index (χ1) is 16.1. The Morgan fingerprint density at radius 3 is 2.41 bits per heavy atom. The lowest BCUT2D eigenvalue weighted by atomic mass is 10.1. The third-order valence-corrected chi connectivity index (χ3v) is 8.32. The Morgan fingerprint density at radius 1 is 1.12 bits per heavy atom. The van der Waals surface area contributed by atoms with Crippen LogP contribution < -0.4 is 16.4 Å². The Morgan fingerprint density at radius 2 is 1.79 bits per heavy atom. The summed E-state index contributed by atoms with van der Waals surface area (Å²) in [6, 6.07) is 13.9. The zero-order chi connectivity index (χ0) is 24.5. The molecule has 1 saturated carbocycles. The number of aromatic nitrogens is 2. The summed E-state index contributed by atoms with van der Waals surface area (Å²) in [7, 11) is -3.71. The van der Waals surface area contributed by atoms with Crippen molar-refractivity contribution in [3.63, 3.8) is 0 Å². The van der Waals surface area contributed by atoms with Crippen LogP contribution in [-0.2, 0) is 14.6 Å². The Labute approximate surface area is 195 Å². The standard InChI is InChI=1S/C23H23F2N5O3S/c1-14-4-2-3-5-17(14)34(32,33)23(10-11-23)18-12-20(26)30-21(29-18)15-6-8-16(9-7-15)28-22(31)27-13-19(24)25/h2-9,12,19H,10-11,13H2,1H3,(H2,26,29,30)(H2,27,28,31). The van der Waals surface area contributed by atoms with Crippen LogP contribution in [0.15, 0.2) is 59.5 Å². The summed E-state index contributed by atoms with van der Waals surface area (Å²) in [4.78, 5) is 20.7. The van der Waals surface area contributed by atoms with E-state index in [0.717, 1.165) is 0 Å². The molecule has 1 heterocycles. The van der Waals surface area contributed by atoms with Gasteiger partial charge >= 0.3 is 6.03 Å². The molecule has 3 aromatic rings. The van der Waals surface area contributed by atoms with Gasteiger partial charge < -0.3 is 16.4 Å². The number of anilines is 2. The van der Waals surface area contributed by atoms with Crippen molar-refractivity contribution in [1.82, 2.24) is 15.3 Å². The molecule has 0 radical (unpaired) electrons. The second kappa shape index (κ2) is 8.98. The first-order valence-electron chi connectivity index (χ1n) is 10.5. The lowest BCUT2D eigenvalue weighted by molar-refractivity contribution is 0.148. The average molecular weight is 488 g/mol. The van der Waals surface area contributed by atoms with Crippen LogP contribution in [0.3, 0.4) is 0 Å². The van der Waals surface area contributed by atoms with Crippen molar-refractivity contribution in [3.05, 3.63) is 65.9 Å². The molecule has 0 atom stereocenters. The van der Waals surface area contributed by atoms with Crippen molar-refractivity contribution in [1.29, 1.82) is 0 Å². The van der Waals surface area contributed by atoms with Crippen molar-refractivity contribution in [2.75, 3.05) is 17.6 Å². The molecule has 1 aliphatic rings. The first-order valence-corrected chi connectivity index (χ1v) is 12.0. The number of aryl methyl sites for hydroxylation is 1. The summed E-state index contributed by atoms with van der Waals surface area (Å²) >= 11 is 0. The molecule has 4 N–H and O–H groups in total. The van der Waals surface area contributed by atoms with Crippen LogP contribution in [0.25, 0.3) is 11.4 Å². The van der Waals surface area contributed by atoms with Gasteiger partial charge in [0.15, 0.2) is 15.7 Å². The molecular weight excluding hydrogens is 464 g/mol. The smallest absolute Gasteiger partial charge is 0.319 e. The normalized spacial score (nSPS) is 14.6. The van der Waals surface area contributed by atoms with E-state index < -0.39 is 33.6 Å². The monoisotopic (exact) mass is 487 g/mol. The van der Waals surface area contributed by atoms with Crippen LogP contribution in [0, 0.1) is 6.92 Å². The molecule has 2 aromatic carbocycles. The quantitative estimate of drug-likeness (QED) is 0.464. The van der Waals surface area contributed by atoms with Crippen molar-refractivity contribution < 1.29 is 22.0 Å². The topological polar surface area (TPSA) is 127 Å². The second-order valence-corrected chi connectivity index (χ2v) is 10.3. The van der Waals surface area contributed by atoms with Crippen molar-refractivity contribution in [3.8, 4) is 11.4 Å². The Bertz CT molecular complexity index is 1330. The van der Waals surface area contributed by atoms with Crippen molar-refractivity contribution >= 4 is 27.4 Å². The van der Waals surface area contributed by atoms with Gasteiger partial charge in [0, 0.05) is 17.3 Å². The van der Waals surface area contributed by atoms with Crippen LogP contribution in [0.5, 0.6) is 0 Å². The number of benzene rings is 2. The van der Waals surface area contributed by atoms with Gasteiger partial charge in [-0.1, -0.05) is 18.2 Å². The number of nitrogens with two attached hydrogens (primary N) is 1. The van der Waals surface area contributed by atoms with Crippen LogP contribution in [0.4, 0.5) is 25.1 Å². The van der Waals surface area contributed by atoms with Gasteiger partial charge in [-0.3, -0.25) is 0 Å². The maximum Gasteiger partial charge on any atom is 0.319 e. The molecule has 4 rings (SSSR count). The van der Waals surface area contributed by atoms with Crippen molar-refractivity contribution in [2.24, 2.45) is 0 Å². The lowest BCUT2D eigenvalue weighted by Crippen LogP contribution is -2.32. The molecular formula is C23H23F2N5O3S. The van der Waals surface area contributed by atoms with Gasteiger partial charge in [0.25, 0.3) is 6.43 Å². The number of amides is 2. The Balaban J connectivity index is 1.61. The third-order valence-electron chi connectivity index (χ3n) is 5.63. The SMILES string of the molecule is Cc1ccccc1S(=O)(=O)C1(c2cc(N)nc(-c3ccc(NC(=O)NCC(F)F)cc3)n2)CC1. The fourth-order valence-corrected chi connectivity index (χ4v) is 5.91. The molecule has 34 heavy (non-hydrogen) atoms. The number of halogens is 2. The predicted octanol–water partition coefficient (Wildman–Crippen LogP) is 3.88. The van der Waals surface area contributed by atoms with E-state index in [4.69, 9.17) is 5.73 Å². The number of hydrogen-bond donors (Lipinski definition) is 3. The largest absolute Gasteiger partial charge is 0.384 e. The number of nitrogens with zero attached hydrogens (tertiary/aromatic N) is 2.